The molecule has 1 aromatic heterocycles. The van der Waals surface area contributed by atoms with Crippen molar-refractivity contribution in [2.24, 2.45) is 0 Å². The number of nitrogens with one attached hydrogen (secondary N) is 1. The number of methoxy groups -OCH3 is 1. The molecule has 0 saturated carbocycles. The van der Waals surface area contributed by atoms with Crippen molar-refractivity contribution < 1.29 is 4.74 Å². The minimum atomic E-state index is 0.195. The topological polar surface area (TPSA) is 21.3 Å². The van der Waals surface area contributed by atoms with Crippen LogP contribution in [0.3, 0.4) is 0 Å². The summed E-state index contributed by atoms with van der Waals surface area (Å²) in [7, 11) is 1.76. The second-order valence-electron chi connectivity index (χ2n) is 5.27. The van der Waals surface area contributed by atoms with Crippen LogP contribution in [0.1, 0.15) is 41.6 Å². The van der Waals surface area contributed by atoms with Gasteiger partial charge in [0.05, 0.1) is 16.0 Å². The van der Waals surface area contributed by atoms with Crippen molar-refractivity contribution in [3.63, 3.8) is 0 Å². The maximum atomic E-state index is 5.66. The molecule has 0 amide bonds. The van der Waals surface area contributed by atoms with E-state index < -0.39 is 0 Å². The molecule has 2 rings (SSSR count). The number of aryl methyl sites for hydroxylation is 2. The van der Waals surface area contributed by atoms with Crippen molar-refractivity contribution in [2.75, 3.05) is 13.7 Å². The van der Waals surface area contributed by atoms with E-state index in [2.05, 4.69) is 72.3 Å². The Morgan fingerprint density at radius 2 is 2.05 bits per heavy atom. The molecule has 0 fully saturated rings. The molecular formula is C17H22INOS. The molecule has 0 aliphatic carbocycles. The summed E-state index contributed by atoms with van der Waals surface area (Å²) in [5.41, 5.74) is 5.10. The lowest BCUT2D eigenvalue weighted by Crippen LogP contribution is -2.24. The predicted octanol–water partition coefficient (Wildman–Crippen LogP) is 5.07. The molecule has 0 radical (unpaired) electrons. The fourth-order valence-electron chi connectivity index (χ4n) is 2.63. The molecule has 0 aliphatic heterocycles. The van der Waals surface area contributed by atoms with Crippen LogP contribution in [0.15, 0.2) is 23.6 Å². The normalized spacial score (nSPS) is 12.4. The zero-order valence-corrected chi connectivity index (χ0v) is 16.0. The highest BCUT2D eigenvalue weighted by Gasteiger charge is 2.21. The van der Waals surface area contributed by atoms with Crippen LogP contribution in [0.25, 0.3) is 0 Å². The van der Waals surface area contributed by atoms with Crippen LogP contribution in [-0.2, 0) is 0 Å². The Bertz CT molecular complexity index is 609. The van der Waals surface area contributed by atoms with E-state index in [-0.39, 0.29) is 6.04 Å². The molecule has 0 saturated heterocycles. The van der Waals surface area contributed by atoms with E-state index in [0.717, 1.165) is 18.7 Å². The molecule has 1 aromatic carbocycles. The van der Waals surface area contributed by atoms with Gasteiger partial charge >= 0.3 is 0 Å². The summed E-state index contributed by atoms with van der Waals surface area (Å²) < 4.78 is 6.97. The molecule has 2 aromatic rings. The largest absolute Gasteiger partial charge is 0.496 e. The van der Waals surface area contributed by atoms with Gasteiger partial charge in [0.1, 0.15) is 5.75 Å². The van der Waals surface area contributed by atoms with Crippen LogP contribution in [-0.4, -0.2) is 13.7 Å². The molecule has 4 heteroatoms. The van der Waals surface area contributed by atoms with Crippen molar-refractivity contribution in [1.29, 1.82) is 0 Å². The third-order valence-electron chi connectivity index (χ3n) is 3.52. The molecule has 21 heavy (non-hydrogen) atoms. The van der Waals surface area contributed by atoms with Gasteiger partial charge < -0.3 is 10.1 Å². The van der Waals surface area contributed by atoms with Crippen molar-refractivity contribution >= 4 is 33.9 Å². The fraction of sp³-hybridized carbons (Fsp3) is 0.412. The first-order valence-corrected chi connectivity index (χ1v) is 9.15. The monoisotopic (exact) mass is 415 g/mol. The standard InChI is InChI=1S/C17H22INOS/c1-5-6-19-17(13-9-15(18)21-10-13)16-12(3)7-11(2)8-14(16)20-4/h7-10,17,19H,5-6H2,1-4H3. The number of benzene rings is 1. The highest BCUT2D eigenvalue weighted by atomic mass is 127. The van der Waals surface area contributed by atoms with E-state index in [9.17, 15) is 0 Å². The second kappa shape index (κ2) is 7.61. The number of thiophene rings is 1. The van der Waals surface area contributed by atoms with Crippen molar-refractivity contribution in [3.05, 3.63) is 48.7 Å². The number of rotatable bonds is 6. The number of hydrogen-bond acceptors (Lipinski definition) is 3. The Labute approximate surface area is 145 Å². The second-order valence-corrected chi connectivity index (χ2v) is 8.07. The van der Waals surface area contributed by atoms with Gasteiger partial charge in [0, 0.05) is 5.56 Å². The lowest BCUT2D eigenvalue weighted by atomic mass is 9.94. The summed E-state index contributed by atoms with van der Waals surface area (Å²) in [5, 5.41) is 5.92. The molecule has 0 bridgehead atoms. The average Bonchev–Trinajstić information content (AvgIpc) is 2.87. The summed E-state index contributed by atoms with van der Waals surface area (Å²) in [6, 6.07) is 6.81. The highest BCUT2D eigenvalue weighted by molar-refractivity contribution is 14.1. The summed E-state index contributed by atoms with van der Waals surface area (Å²) in [4.78, 5) is 0. The first-order chi connectivity index (χ1) is 10.1. The van der Waals surface area contributed by atoms with Crippen LogP contribution >= 0.6 is 33.9 Å². The Balaban J connectivity index is 2.50. The predicted molar refractivity (Wildman–Crippen MR) is 99.6 cm³/mol. The molecule has 1 heterocycles. The highest BCUT2D eigenvalue weighted by Crippen LogP contribution is 2.35. The summed E-state index contributed by atoms with van der Waals surface area (Å²) in [6.45, 7) is 7.47. The van der Waals surface area contributed by atoms with E-state index >= 15 is 0 Å². The van der Waals surface area contributed by atoms with Gasteiger partial charge in [-0.05, 0) is 83.6 Å². The number of ether oxygens (including phenoxy) is 1. The Morgan fingerprint density at radius 1 is 1.29 bits per heavy atom. The van der Waals surface area contributed by atoms with Gasteiger partial charge in [-0.2, -0.15) is 0 Å². The van der Waals surface area contributed by atoms with Crippen molar-refractivity contribution in [1.82, 2.24) is 5.32 Å². The van der Waals surface area contributed by atoms with Crippen LogP contribution in [0.4, 0.5) is 0 Å². The molecule has 114 valence electrons. The van der Waals surface area contributed by atoms with Gasteiger partial charge in [-0.3, -0.25) is 0 Å². The lowest BCUT2D eigenvalue weighted by Gasteiger charge is -2.23. The fourth-order valence-corrected chi connectivity index (χ4v) is 4.03. The van der Waals surface area contributed by atoms with Gasteiger partial charge in [0.15, 0.2) is 0 Å². The van der Waals surface area contributed by atoms with Crippen LogP contribution in [0, 0.1) is 16.7 Å². The first kappa shape index (κ1) is 16.8. The molecule has 0 spiro atoms. The van der Waals surface area contributed by atoms with Crippen molar-refractivity contribution in [3.8, 4) is 5.75 Å². The molecular weight excluding hydrogens is 393 g/mol. The minimum Gasteiger partial charge on any atom is -0.496 e. The zero-order valence-electron chi connectivity index (χ0n) is 13.0. The Kier molecular flexibility index (Phi) is 6.08. The molecule has 1 atom stereocenters. The lowest BCUT2D eigenvalue weighted by molar-refractivity contribution is 0.403. The molecule has 0 aliphatic rings. The third kappa shape index (κ3) is 3.99. The van der Waals surface area contributed by atoms with Gasteiger partial charge in [-0.25, -0.2) is 0 Å². The first-order valence-electron chi connectivity index (χ1n) is 7.19. The van der Waals surface area contributed by atoms with E-state index in [0.29, 0.717) is 0 Å². The Morgan fingerprint density at radius 3 is 2.62 bits per heavy atom. The smallest absolute Gasteiger partial charge is 0.124 e. The van der Waals surface area contributed by atoms with Crippen LogP contribution in [0.5, 0.6) is 5.75 Å². The SMILES string of the molecule is CCCNC(c1csc(I)c1)c1c(C)cc(C)cc1OC. The van der Waals surface area contributed by atoms with E-state index in [4.69, 9.17) is 4.74 Å². The Hall–Kier alpha value is -0.590. The zero-order chi connectivity index (χ0) is 15.4. The number of hydrogen-bond donors (Lipinski definition) is 1. The van der Waals surface area contributed by atoms with E-state index in [1.54, 1.807) is 18.4 Å². The van der Waals surface area contributed by atoms with Crippen LogP contribution < -0.4 is 10.1 Å². The van der Waals surface area contributed by atoms with Gasteiger partial charge in [-0.15, -0.1) is 11.3 Å². The van der Waals surface area contributed by atoms with Gasteiger partial charge in [-0.1, -0.05) is 13.0 Å². The maximum absolute atomic E-state index is 5.66. The minimum absolute atomic E-state index is 0.195. The van der Waals surface area contributed by atoms with Gasteiger partial charge in [0.25, 0.3) is 0 Å². The molecule has 2 nitrogen and oxygen atoms in total. The van der Waals surface area contributed by atoms with Crippen molar-refractivity contribution in [2.45, 2.75) is 33.2 Å². The quantitative estimate of drug-likeness (QED) is 0.666. The average molecular weight is 415 g/mol. The maximum Gasteiger partial charge on any atom is 0.124 e. The summed E-state index contributed by atoms with van der Waals surface area (Å²) >= 11 is 4.17. The molecule has 1 N–H and O–H groups in total. The molecule has 1 unspecified atom stereocenters. The van der Waals surface area contributed by atoms with Crippen LogP contribution in [0.2, 0.25) is 0 Å². The number of halogens is 1. The summed E-state index contributed by atoms with van der Waals surface area (Å²) in [5.74, 6) is 0.974. The van der Waals surface area contributed by atoms with E-state index in [1.165, 1.54) is 25.1 Å². The van der Waals surface area contributed by atoms with Gasteiger partial charge in [0.2, 0.25) is 0 Å². The summed E-state index contributed by atoms with van der Waals surface area (Å²) in [6.07, 6.45) is 1.12. The third-order valence-corrected chi connectivity index (χ3v) is 5.33. The van der Waals surface area contributed by atoms with E-state index in [1.807, 2.05) is 0 Å².